The van der Waals surface area contributed by atoms with Crippen molar-refractivity contribution < 1.29 is 14.6 Å². The maximum atomic E-state index is 11.9. The zero-order chi connectivity index (χ0) is 13.2. The highest BCUT2D eigenvalue weighted by Gasteiger charge is 2.30. The summed E-state index contributed by atoms with van der Waals surface area (Å²) in [5.41, 5.74) is -0.0708. The van der Waals surface area contributed by atoms with Gasteiger partial charge in [-0.2, -0.15) is 0 Å². The van der Waals surface area contributed by atoms with Gasteiger partial charge < -0.3 is 15.2 Å². The number of rotatable bonds is 3. The van der Waals surface area contributed by atoms with Gasteiger partial charge in [-0.3, -0.25) is 4.79 Å². The van der Waals surface area contributed by atoms with Crippen molar-refractivity contribution in [1.82, 2.24) is 5.32 Å². The molecule has 1 saturated heterocycles. The van der Waals surface area contributed by atoms with Crippen molar-refractivity contribution in [3.05, 3.63) is 28.8 Å². The van der Waals surface area contributed by atoms with E-state index in [0.29, 0.717) is 11.6 Å². The van der Waals surface area contributed by atoms with E-state index in [1.54, 1.807) is 6.07 Å². The topological polar surface area (TPSA) is 58.6 Å². The summed E-state index contributed by atoms with van der Waals surface area (Å²) < 4.78 is 5.58. The number of hydrogen-bond acceptors (Lipinski definition) is 3. The van der Waals surface area contributed by atoms with Gasteiger partial charge in [0.1, 0.15) is 5.75 Å². The third-order valence-electron chi connectivity index (χ3n) is 3.13. The number of phenols is 1. The normalized spacial score (nSPS) is 23.0. The van der Waals surface area contributed by atoms with Crippen LogP contribution in [0.1, 0.15) is 30.1 Å². The standard InChI is InChI=1S/C13H16ClNO3/c1-13(5-2-6-18-13)8-15-12(17)10-4-3-9(14)7-11(10)16/h3-4,7,16H,2,5-6,8H2,1H3,(H,15,17). The van der Waals surface area contributed by atoms with Crippen LogP contribution in [-0.4, -0.2) is 29.8 Å². The average molecular weight is 270 g/mol. The van der Waals surface area contributed by atoms with Crippen LogP contribution in [0.2, 0.25) is 5.02 Å². The molecule has 2 rings (SSSR count). The number of aromatic hydroxyl groups is 1. The van der Waals surface area contributed by atoms with E-state index in [2.05, 4.69) is 5.32 Å². The summed E-state index contributed by atoms with van der Waals surface area (Å²) in [5.74, 6) is -0.432. The Morgan fingerprint density at radius 1 is 1.61 bits per heavy atom. The Labute approximate surface area is 111 Å². The van der Waals surface area contributed by atoms with Gasteiger partial charge in [0.05, 0.1) is 11.2 Å². The van der Waals surface area contributed by atoms with Crippen LogP contribution in [0.15, 0.2) is 18.2 Å². The van der Waals surface area contributed by atoms with Crippen LogP contribution < -0.4 is 5.32 Å². The number of hydrogen-bond donors (Lipinski definition) is 2. The van der Waals surface area contributed by atoms with E-state index >= 15 is 0 Å². The van der Waals surface area contributed by atoms with Gasteiger partial charge in [-0.05, 0) is 38.0 Å². The lowest BCUT2D eigenvalue weighted by atomic mass is 10.0. The summed E-state index contributed by atoms with van der Waals surface area (Å²) in [7, 11) is 0. The zero-order valence-corrected chi connectivity index (χ0v) is 11.0. The Morgan fingerprint density at radius 3 is 3.00 bits per heavy atom. The molecule has 4 nitrogen and oxygen atoms in total. The maximum Gasteiger partial charge on any atom is 0.255 e. The first-order chi connectivity index (χ1) is 8.50. The van der Waals surface area contributed by atoms with E-state index in [0.717, 1.165) is 19.4 Å². The SMILES string of the molecule is CC1(CNC(=O)c2ccc(Cl)cc2O)CCCO1. The predicted octanol–water partition coefficient (Wildman–Crippen LogP) is 2.34. The Hall–Kier alpha value is -1.26. The first kappa shape index (κ1) is 13.2. The molecule has 1 amide bonds. The van der Waals surface area contributed by atoms with E-state index in [-0.39, 0.29) is 22.8 Å². The van der Waals surface area contributed by atoms with E-state index in [1.165, 1.54) is 12.1 Å². The molecule has 1 aromatic rings. The Kier molecular flexibility index (Phi) is 3.78. The Bertz CT molecular complexity index is 456. The third-order valence-corrected chi connectivity index (χ3v) is 3.36. The smallest absolute Gasteiger partial charge is 0.255 e. The van der Waals surface area contributed by atoms with Gasteiger partial charge in [-0.1, -0.05) is 11.6 Å². The van der Waals surface area contributed by atoms with Crippen molar-refractivity contribution in [3.63, 3.8) is 0 Å². The van der Waals surface area contributed by atoms with E-state index in [9.17, 15) is 9.90 Å². The van der Waals surface area contributed by atoms with Gasteiger partial charge in [0.15, 0.2) is 0 Å². The van der Waals surface area contributed by atoms with Crippen LogP contribution in [0, 0.1) is 0 Å². The van der Waals surface area contributed by atoms with Gasteiger partial charge in [0, 0.05) is 18.2 Å². The van der Waals surface area contributed by atoms with Gasteiger partial charge >= 0.3 is 0 Å². The molecular weight excluding hydrogens is 254 g/mol. The lowest BCUT2D eigenvalue weighted by Crippen LogP contribution is -2.40. The average Bonchev–Trinajstić information content (AvgIpc) is 2.74. The molecule has 98 valence electrons. The molecule has 0 radical (unpaired) electrons. The molecule has 1 fully saturated rings. The molecule has 2 N–H and O–H groups in total. The van der Waals surface area contributed by atoms with Gasteiger partial charge in [-0.25, -0.2) is 0 Å². The second-order valence-electron chi connectivity index (χ2n) is 4.75. The first-order valence-electron chi connectivity index (χ1n) is 5.91. The number of nitrogens with one attached hydrogen (secondary N) is 1. The number of carbonyl (C=O) groups is 1. The number of halogens is 1. The van der Waals surface area contributed by atoms with Gasteiger partial charge in [0.2, 0.25) is 0 Å². The van der Waals surface area contributed by atoms with Gasteiger partial charge in [0.25, 0.3) is 5.91 Å². The highest BCUT2D eigenvalue weighted by molar-refractivity contribution is 6.30. The van der Waals surface area contributed by atoms with Crippen molar-refractivity contribution >= 4 is 17.5 Å². The number of ether oxygens (including phenoxy) is 1. The van der Waals surface area contributed by atoms with E-state index in [1.807, 2.05) is 6.92 Å². The van der Waals surface area contributed by atoms with Gasteiger partial charge in [-0.15, -0.1) is 0 Å². The molecule has 1 aliphatic heterocycles. The van der Waals surface area contributed by atoms with Crippen LogP contribution in [0.5, 0.6) is 5.75 Å². The molecule has 0 aliphatic carbocycles. The molecule has 1 aromatic carbocycles. The summed E-state index contributed by atoms with van der Waals surface area (Å²) in [6.07, 6.45) is 1.94. The fourth-order valence-corrected chi connectivity index (χ4v) is 2.20. The first-order valence-corrected chi connectivity index (χ1v) is 6.29. The van der Waals surface area contributed by atoms with E-state index in [4.69, 9.17) is 16.3 Å². The molecule has 0 spiro atoms. The van der Waals surface area contributed by atoms with Crippen molar-refractivity contribution in [2.75, 3.05) is 13.2 Å². The molecule has 0 bridgehead atoms. The largest absolute Gasteiger partial charge is 0.507 e. The van der Waals surface area contributed by atoms with Crippen molar-refractivity contribution in [2.24, 2.45) is 0 Å². The summed E-state index contributed by atoms with van der Waals surface area (Å²) in [6, 6.07) is 4.43. The molecule has 0 aromatic heterocycles. The molecule has 5 heteroatoms. The van der Waals surface area contributed by atoms with Crippen LogP contribution in [0.3, 0.4) is 0 Å². The second-order valence-corrected chi connectivity index (χ2v) is 5.18. The Morgan fingerprint density at radius 2 is 2.39 bits per heavy atom. The molecule has 18 heavy (non-hydrogen) atoms. The monoisotopic (exact) mass is 269 g/mol. The number of phenolic OH excluding ortho intramolecular Hbond substituents is 1. The summed E-state index contributed by atoms with van der Waals surface area (Å²) in [5, 5.41) is 12.8. The number of amides is 1. The highest BCUT2D eigenvalue weighted by atomic mass is 35.5. The summed E-state index contributed by atoms with van der Waals surface area (Å²) >= 11 is 5.71. The molecular formula is C13H16ClNO3. The molecule has 1 heterocycles. The van der Waals surface area contributed by atoms with Crippen molar-refractivity contribution in [3.8, 4) is 5.75 Å². The molecule has 1 atom stereocenters. The summed E-state index contributed by atoms with van der Waals surface area (Å²) in [4.78, 5) is 11.9. The lowest BCUT2D eigenvalue weighted by Gasteiger charge is -2.23. The fraction of sp³-hybridized carbons (Fsp3) is 0.462. The molecule has 0 saturated carbocycles. The maximum absolute atomic E-state index is 11.9. The molecule has 1 unspecified atom stereocenters. The summed E-state index contributed by atoms with van der Waals surface area (Å²) in [6.45, 7) is 3.15. The quantitative estimate of drug-likeness (QED) is 0.886. The van der Waals surface area contributed by atoms with Crippen LogP contribution >= 0.6 is 11.6 Å². The Balaban J connectivity index is 1.99. The van der Waals surface area contributed by atoms with E-state index < -0.39 is 0 Å². The minimum atomic E-state index is -0.319. The number of benzene rings is 1. The highest BCUT2D eigenvalue weighted by Crippen LogP contribution is 2.25. The number of carbonyl (C=O) groups excluding carboxylic acids is 1. The second kappa shape index (κ2) is 5.16. The van der Waals surface area contributed by atoms with Crippen molar-refractivity contribution in [1.29, 1.82) is 0 Å². The van der Waals surface area contributed by atoms with Crippen LogP contribution in [0.4, 0.5) is 0 Å². The van der Waals surface area contributed by atoms with Crippen LogP contribution in [0.25, 0.3) is 0 Å². The van der Waals surface area contributed by atoms with Crippen molar-refractivity contribution in [2.45, 2.75) is 25.4 Å². The zero-order valence-electron chi connectivity index (χ0n) is 10.2. The predicted molar refractivity (Wildman–Crippen MR) is 69.0 cm³/mol. The third kappa shape index (κ3) is 2.94. The van der Waals surface area contributed by atoms with Crippen LogP contribution in [-0.2, 0) is 4.74 Å². The minimum absolute atomic E-state index is 0.113. The minimum Gasteiger partial charge on any atom is -0.507 e. The lowest BCUT2D eigenvalue weighted by molar-refractivity contribution is 0.0205. The fourth-order valence-electron chi connectivity index (χ4n) is 2.04. The molecule has 1 aliphatic rings.